The first kappa shape index (κ1) is 14.5. The van der Waals surface area contributed by atoms with Crippen molar-refractivity contribution in [3.63, 3.8) is 0 Å². The molecule has 0 spiro atoms. The van der Waals surface area contributed by atoms with E-state index < -0.39 is 29.1 Å². The lowest BCUT2D eigenvalue weighted by Crippen LogP contribution is -2.79. The number of ether oxygens (including phenoxy) is 1. The van der Waals surface area contributed by atoms with Crippen LogP contribution in [0.5, 0.6) is 0 Å². The third kappa shape index (κ3) is 1.54. The predicted molar refractivity (Wildman–Crippen MR) is 79.1 cm³/mol. The van der Waals surface area contributed by atoms with Crippen molar-refractivity contribution in [2.24, 2.45) is 17.8 Å². The van der Waals surface area contributed by atoms with Gasteiger partial charge in [-0.1, -0.05) is 6.08 Å². The molecule has 5 nitrogen and oxygen atoms in total. The van der Waals surface area contributed by atoms with Crippen LogP contribution in [0.25, 0.3) is 0 Å². The number of amides is 1. The van der Waals surface area contributed by atoms with Crippen LogP contribution in [0.15, 0.2) is 11.6 Å². The molecular weight excluding hydrogens is 306 g/mol. The van der Waals surface area contributed by atoms with Crippen molar-refractivity contribution in [1.29, 1.82) is 0 Å². The highest BCUT2D eigenvalue weighted by molar-refractivity contribution is 6.18. The molecule has 22 heavy (non-hydrogen) atoms. The summed E-state index contributed by atoms with van der Waals surface area (Å²) >= 11 is 5.79. The van der Waals surface area contributed by atoms with E-state index in [9.17, 15) is 14.7 Å². The Morgan fingerprint density at radius 2 is 2.32 bits per heavy atom. The first-order valence-electron chi connectivity index (χ1n) is 7.95. The molecule has 1 amide bonds. The summed E-state index contributed by atoms with van der Waals surface area (Å²) in [5.41, 5.74) is -1.44. The lowest BCUT2D eigenvalue weighted by atomic mass is 9.65. The summed E-state index contributed by atoms with van der Waals surface area (Å²) in [4.78, 5) is 24.6. The zero-order chi connectivity index (χ0) is 15.7. The highest BCUT2D eigenvalue weighted by Gasteiger charge is 2.79. The molecule has 4 rings (SSSR count). The van der Waals surface area contributed by atoms with Crippen LogP contribution in [0.2, 0.25) is 0 Å². The number of aliphatic hydroxyl groups excluding tert-OH is 1. The van der Waals surface area contributed by atoms with Crippen LogP contribution in [0, 0.1) is 17.8 Å². The molecule has 4 aliphatic rings. The molecule has 2 N–H and O–H groups in total. The number of carbonyl (C=O) groups is 2. The maximum absolute atomic E-state index is 12.3. The van der Waals surface area contributed by atoms with Crippen molar-refractivity contribution in [1.82, 2.24) is 5.32 Å². The summed E-state index contributed by atoms with van der Waals surface area (Å²) in [6.45, 7) is 1.74. The first-order chi connectivity index (χ1) is 10.5. The second-order valence-corrected chi connectivity index (χ2v) is 7.49. The van der Waals surface area contributed by atoms with Gasteiger partial charge in [0.1, 0.15) is 6.10 Å². The lowest BCUT2D eigenvalue weighted by molar-refractivity contribution is -0.232. The molecule has 0 radical (unpaired) electrons. The van der Waals surface area contributed by atoms with E-state index in [-0.39, 0.29) is 5.91 Å². The van der Waals surface area contributed by atoms with E-state index in [0.717, 1.165) is 24.8 Å². The molecule has 2 heterocycles. The van der Waals surface area contributed by atoms with Gasteiger partial charge in [-0.15, -0.1) is 11.6 Å². The van der Waals surface area contributed by atoms with Gasteiger partial charge in [0.15, 0.2) is 5.60 Å². The molecule has 0 aromatic rings. The number of fused-ring (bicyclic) bond motifs is 2. The van der Waals surface area contributed by atoms with Crippen LogP contribution in [-0.2, 0) is 14.3 Å². The Kier molecular flexibility index (Phi) is 2.96. The topological polar surface area (TPSA) is 75.6 Å². The summed E-state index contributed by atoms with van der Waals surface area (Å²) < 4.78 is 5.38. The summed E-state index contributed by atoms with van der Waals surface area (Å²) in [7, 11) is 0. The van der Waals surface area contributed by atoms with Crippen molar-refractivity contribution < 1.29 is 19.4 Å². The molecular formula is C16H20ClNO4. The largest absolute Gasteiger partial charge is 0.453 e. The smallest absolute Gasteiger partial charge is 0.339 e. The molecule has 2 aliphatic carbocycles. The quantitative estimate of drug-likeness (QED) is 0.461. The van der Waals surface area contributed by atoms with Gasteiger partial charge >= 0.3 is 5.97 Å². The number of rotatable bonds is 4. The van der Waals surface area contributed by atoms with Crippen molar-refractivity contribution in [3.05, 3.63) is 11.6 Å². The number of esters is 1. The zero-order valence-corrected chi connectivity index (χ0v) is 13.2. The lowest BCUT2D eigenvalue weighted by Gasteiger charge is -2.53. The van der Waals surface area contributed by atoms with E-state index in [1.165, 1.54) is 0 Å². The van der Waals surface area contributed by atoms with Crippen LogP contribution in [0.1, 0.15) is 32.6 Å². The van der Waals surface area contributed by atoms with Crippen molar-refractivity contribution in [2.45, 2.75) is 49.9 Å². The summed E-state index contributed by atoms with van der Waals surface area (Å²) in [6, 6.07) is 0. The molecule has 6 heteroatoms. The maximum Gasteiger partial charge on any atom is 0.339 e. The zero-order valence-electron chi connectivity index (χ0n) is 12.5. The molecule has 0 bridgehead atoms. The monoisotopic (exact) mass is 325 g/mol. The number of carbonyl (C=O) groups excluding carboxylic acids is 2. The molecule has 0 unspecified atom stereocenters. The second kappa shape index (κ2) is 4.48. The van der Waals surface area contributed by atoms with Crippen molar-refractivity contribution in [3.8, 4) is 0 Å². The number of hydrogen-bond donors (Lipinski definition) is 2. The van der Waals surface area contributed by atoms with Crippen molar-refractivity contribution in [2.75, 3.05) is 5.88 Å². The van der Waals surface area contributed by atoms with Crippen LogP contribution in [0.3, 0.4) is 0 Å². The number of hydrogen-bond acceptors (Lipinski definition) is 4. The molecule has 2 aliphatic heterocycles. The summed E-state index contributed by atoms with van der Waals surface area (Å²) in [5.74, 6) is 0.0129. The minimum atomic E-state index is -1.34. The minimum Gasteiger partial charge on any atom is -0.453 e. The van der Waals surface area contributed by atoms with Gasteiger partial charge in [-0.2, -0.15) is 0 Å². The van der Waals surface area contributed by atoms with Gasteiger partial charge < -0.3 is 15.2 Å². The number of alkyl halides is 1. The fraction of sp³-hybridized carbons (Fsp3) is 0.750. The molecule has 120 valence electrons. The Balaban J connectivity index is 1.71. The van der Waals surface area contributed by atoms with Crippen LogP contribution >= 0.6 is 11.6 Å². The van der Waals surface area contributed by atoms with Gasteiger partial charge in [-0.25, -0.2) is 4.79 Å². The Hall–Kier alpha value is -1.07. The summed E-state index contributed by atoms with van der Waals surface area (Å²) in [6.07, 6.45) is 4.62. The minimum absolute atomic E-state index is 0.253. The molecule has 3 fully saturated rings. The Bertz CT molecular complexity index is 591. The van der Waals surface area contributed by atoms with E-state index in [0.29, 0.717) is 24.1 Å². The average molecular weight is 326 g/mol. The SMILES string of the molecule is C[C@@]12OC(=O)[C@]1([C@@H](O)C1=CCC[C@H]3C[C@@H]13)NC(=O)[C@@H]2CCCl. The Morgan fingerprint density at radius 1 is 1.55 bits per heavy atom. The van der Waals surface area contributed by atoms with Crippen LogP contribution in [0.4, 0.5) is 0 Å². The highest BCUT2D eigenvalue weighted by atomic mass is 35.5. The van der Waals surface area contributed by atoms with Gasteiger partial charge in [0.2, 0.25) is 11.4 Å². The number of allylic oxidation sites excluding steroid dienone is 1. The Morgan fingerprint density at radius 3 is 3.00 bits per heavy atom. The van der Waals surface area contributed by atoms with Gasteiger partial charge in [0, 0.05) is 5.88 Å². The van der Waals surface area contributed by atoms with Gasteiger partial charge in [-0.3, -0.25) is 4.79 Å². The van der Waals surface area contributed by atoms with Gasteiger partial charge in [0.05, 0.1) is 5.92 Å². The molecule has 0 aromatic heterocycles. The maximum atomic E-state index is 12.3. The molecule has 1 saturated carbocycles. The van der Waals surface area contributed by atoms with E-state index in [1.807, 2.05) is 6.08 Å². The highest BCUT2D eigenvalue weighted by Crippen LogP contribution is 2.57. The predicted octanol–water partition coefficient (Wildman–Crippen LogP) is 1.13. The number of halogens is 1. The molecule has 0 aromatic carbocycles. The average Bonchev–Trinajstić information content (AvgIpc) is 3.25. The standard InChI is InChI=1S/C16H20ClNO4/c1-15-11(5-6-17)13(20)18-16(15,14(21)22-15)12(19)9-4-2-3-8-7-10(8)9/h4,8,10-12,19H,2-3,5-7H2,1H3,(H,18,20)/t8-,10+,11-,12-,15-,16-/m0/s1. The van der Waals surface area contributed by atoms with Crippen LogP contribution in [-0.4, -0.2) is 40.1 Å². The summed E-state index contributed by atoms with van der Waals surface area (Å²) in [5, 5.41) is 13.7. The second-order valence-electron chi connectivity index (χ2n) is 7.11. The number of nitrogens with one attached hydrogen (secondary N) is 1. The van der Waals surface area contributed by atoms with Gasteiger partial charge in [0.25, 0.3) is 0 Å². The third-order valence-electron chi connectivity index (χ3n) is 6.10. The normalized spacial score (nSPS) is 46.7. The molecule has 2 saturated heterocycles. The van der Waals surface area contributed by atoms with Crippen molar-refractivity contribution >= 4 is 23.5 Å². The van der Waals surface area contributed by atoms with E-state index in [2.05, 4.69) is 5.32 Å². The van der Waals surface area contributed by atoms with E-state index >= 15 is 0 Å². The third-order valence-corrected chi connectivity index (χ3v) is 6.32. The fourth-order valence-corrected chi connectivity index (χ4v) is 4.90. The van der Waals surface area contributed by atoms with E-state index in [4.69, 9.17) is 16.3 Å². The first-order valence-corrected chi connectivity index (χ1v) is 8.48. The molecule has 6 atom stereocenters. The van der Waals surface area contributed by atoms with Crippen LogP contribution < -0.4 is 5.32 Å². The number of aliphatic hydroxyl groups is 1. The van der Waals surface area contributed by atoms with E-state index in [1.54, 1.807) is 6.92 Å². The Labute approximate surface area is 134 Å². The fourth-order valence-electron chi connectivity index (χ4n) is 4.68. The van der Waals surface area contributed by atoms with Gasteiger partial charge in [-0.05, 0) is 50.0 Å².